The molecule has 0 aliphatic heterocycles. The normalized spacial score (nSPS) is 11.3. The Bertz CT molecular complexity index is 1420. The number of benzene rings is 3. The van der Waals surface area contributed by atoms with Gasteiger partial charge in [0, 0.05) is 39.7 Å². The molecule has 0 aliphatic rings. The number of thiazole rings is 1. The molecule has 9 heteroatoms. The summed E-state index contributed by atoms with van der Waals surface area (Å²) in [5, 5.41) is 6.45. The molecule has 3 aromatic carbocycles. The van der Waals surface area contributed by atoms with E-state index in [-0.39, 0.29) is 4.90 Å². The van der Waals surface area contributed by atoms with E-state index in [9.17, 15) is 13.2 Å². The summed E-state index contributed by atoms with van der Waals surface area (Å²) in [6.45, 7) is 0. The van der Waals surface area contributed by atoms with Crippen LogP contribution >= 0.6 is 34.5 Å². The van der Waals surface area contributed by atoms with Crippen molar-refractivity contribution >= 4 is 56.0 Å². The van der Waals surface area contributed by atoms with Gasteiger partial charge < -0.3 is 5.32 Å². The van der Waals surface area contributed by atoms with Gasteiger partial charge in [-0.3, -0.25) is 4.79 Å². The molecule has 162 valence electrons. The second-order valence-corrected chi connectivity index (χ2v) is 10.7. The lowest BCUT2D eigenvalue weighted by molar-refractivity contribution is 0.102. The summed E-state index contributed by atoms with van der Waals surface area (Å²) in [5.41, 5.74) is 2.65. The monoisotopic (exact) mass is 502 g/mol. The van der Waals surface area contributed by atoms with Crippen LogP contribution in [0.2, 0.25) is 10.0 Å². The van der Waals surface area contributed by atoms with Gasteiger partial charge in [0.25, 0.3) is 5.91 Å². The largest absolute Gasteiger partial charge is 0.322 e. The molecule has 32 heavy (non-hydrogen) atoms. The first kappa shape index (κ1) is 22.5. The number of halogens is 2. The Morgan fingerprint density at radius 1 is 1.00 bits per heavy atom. The molecule has 4 aromatic rings. The zero-order chi connectivity index (χ0) is 22.9. The van der Waals surface area contributed by atoms with E-state index in [1.165, 1.54) is 29.5 Å². The van der Waals surface area contributed by atoms with Crippen molar-refractivity contribution < 1.29 is 13.2 Å². The lowest BCUT2D eigenvalue weighted by atomic mass is 9.99. The molecule has 0 spiro atoms. The number of anilines is 1. The summed E-state index contributed by atoms with van der Waals surface area (Å²) >= 11 is 13.9. The van der Waals surface area contributed by atoms with Gasteiger partial charge in [-0.25, -0.2) is 13.4 Å². The highest BCUT2D eigenvalue weighted by Gasteiger charge is 2.18. The van der Waals surface area contributed by atoms with Gasteiger partial charge in [-0.2, -0.15) is 0 Å². The summed E-state index contributed by atoms with van der Waals surface area (Å²) in [5.74, 6) is -0.396. The molecule has 1 aromatic heterocycles. The number of amides is 1. The fourth-order valence-electron chi connectivity index (χ4n) is 3.17. The van der Waals surface area contributed by atoms with Crippen LogP contribution in [0.25, 0.3) is 21.7 Å². The Kier molecular flexibility index (Phi) is 6.35. The van der Waals surface area contributed by atoms with Crippen molar-refractivity contribution in [3.05, 3.63) is 87.8 Å². The van der Waals surface area contributed by atoms with Crippen molar-refractivity contribution in [1.29, 1.82) is 0 Å². The van der Waals surface area contributed by atoms with Crippen LogP contribution < -0.4 is 5.32 Å². The maximum absolute atomic E-state index is 13.2. The van der Waals surface area contributed by atoms with E-state index < -0.39 is 15.7 Å². The molecule has 0 radical (unpaired) electrons. The molecule has 0 saturated carbocycles. The second kappa shape index (κ2) is 9.03. The number of hydrogen-bond donors (Lipinski definition) is 1. The van der Waals surface area contributed by atoms with E-state index in [0.29, 0.717) is 38.0 Å². The molecule has 0 fully saturated rings. The Morgan fingerprint density at radius 3 is 2.50 bits per heavy atom. The van der Waals surface area contributed by atoms with Crippen LogP contribution in [0.4, 0.5) is 5.69 Å². The minimum Gasteiger partial charge on any atom is -0.322 e. The third kappa shape index (κ3) is 4.86. The number of nitrogens with one attached hydrogen (secondary N) is 1. The zero-order valence-corrected chi connectivity index (χ0v) is 19.8. The average molecular weight is 503 g/mol. The minimum atomic E-state index is -3.47. The van der Waals surface area contributed by atoms with Crippen molar-refractivity contribution in [3.8, 4) is 21.7 Å². The highest BCUT2D eigenvalue weighted by atomic mass is 35.5. The third-order valence-electron chi connectivity index (χ3n) is 4.69. The Hall–Kier alpha value is -2.71. The van der Waals surface area contributed by atoms with E-state index in [2.05, 4.69) is 10.3 Å². The predicted octanol–water partition coefficient (Wildman–Crippen LogP) is 6.44. The summed E-state index contributed by atoms with van der Waals surface area (Å²) < 4.78 is 24.2. The molecular weight excluding hydrogens is 487 g/mol. The lowest BCUT2D eigenvalue weighted by Gasteiger charge is -2.13. The number of carbonyl (C=O) groups is 1. The molecule has 0 saturated heterocycles. The van der Waals surface area contributed by atoms with Gasteiger partial charge in [0.1, 0.15) is 5.01 Å². The molecule has 1 amide bonds. The number of aromatic nitrogens is 1. The van der Waals surface area contributed by atoms with Crippen molar-refractivity contribution in [1.82, 2.24) is 4.98 Å². The van der Waals surface area contributed by atoms with E-state index >= 15 is 0 Å². The average Bonchev–Trinajstić information content (AvgIpc) is 3.28. The highest BCUT2D eigenvalue weighted by molar-refractivity contribution is 7.90. The molecule has 5 nitrogen and oxygen atoms in total. The van der Waals surface area contributed by atoms with E-state index in [1.54, 1.807) is 48.7 Å². The summed E-state index contributed by atoms with van der Waals surface area (Å²) in [4.78, 5) is 17.6. The standard InChI is InChI=1S/C23H16Cl2N2O3S2/c1-32(29,30)17-6-7-18(19(13-17)14-3-2-4-15(24)11-14)22(28)27-16-5-8-21(25)20(12-16)23-26-9-10-31-23/h2-13H,1H3,(H,27,28). The predicted molar refractivity (Wildman–Crippen MR) is 131 cm³/mol. The van der Waals surface area contributed by atoms with Gasteiger partial charge in [0.05, 0.1) is 9.92 Å². The number of hydrogen-bond acceptors (Lipinski definition) is 5. The van der Waals surface area contributed by atoms with Gasteiger partial charge in [-0.15, -0.1) is 11.3 Å². The zero-order valence-electron chi connectivity index (χ0n) is 16.7. The molecule has 0 unspecified atom stereocenters. The van der Waals surface area contributed by atoms with Crippen molar-refractivity contribution in [2.75, 3.05) is 11.6 Å². The van der Waals surface area contributed by atoms with Gasteiger partial charge in [-0.05, 0) is 59.7 Å². The van der Waals surface area contributed by atoms with Crippen molar-refractivity contribution in [2.45, 2.75) is 4.90 Å². The summed E-state index contributed by atoms with van der Waals surface area (Å²) in [7, 11) is -3.47. The fourth-order valence-corrected chi connectivity index (χ4v) is 4.94. The quantitative estimate of drug-likeness (QED) is 0.340. The second-order valence-electron chi connectivity index (χ2n) is 6.98. The molecule has 1 N–H and O–H groups in total. The highest BCUT2D eigenvalue weighted by Crippen LogP contribution is 2.33. The lowest BCUT2D eigenvalue weighted by Crippen LogP contribution is -2.14. The smallest absolute Gasteiger partial charge is 0.256 e. The molecule has 1 heterocycles. The van der Waals surface area contributed by atoms with Crippen molar-refractivity contribution in [2.24, 2.45) is 0 Å². The number of sulfone groups is 1. The number of nitrogens with zero attached hydrogens (tertiary/aromatic N) is 1. The molecule has 0 aliphatic carbocycles. The van der Waals surface area contributed by atoms with Gasteiger partial charge in [0.15, 0.2) is 9.84 Å². The summed E-state index contributed by atoms with van der Waals surface area (Å²) in [6.07, 6.45) is 2.81. The van der Waals surface area contributed by atoms with Crippen LogP contribution in [0.1, 0.15) is 10.4 Å². The van der Waals surface area contributed by atoms with Gasteiger partial charge in [0.2, 0.25) is 0 Å². The summed E-state index contributed by atoms with van der Waals surface area (Å²) in [6, 6.07) is 16.4. The number of carbonyl (C=O) groups excluding carboxylic acids is 1. The molecule has 0 atom stereocenters. The van der Waals surface area contributed by atoms with Crippen LogP contribution in [0.3, 0.4) is 0 Å². The number of rotatable bonds is 5. The first-order valence-electron chi connectivity index (χ1n) is 9.33. The minimum absolute atomic E-state index is 0.113. The third-order valence-corrected chi connectivity index (χ3v) is 7.17. The SMILES string of the molecule is CS(=O)(=O)c1ccc(C(=O)Nc2ccc(Cl)c(-c3nccs3)c2)c(-c2cccc(Cl)c2)c1. The maximum Gasteiger partial charge on any atom is 0.256 e. The van der Waals surface area contributed by atoms with E-state index in [1.807, 2.05) is 5.38 Å². The van der Waals surface area contributed by atoms with Gasteiger partial charge in [-0.1, -0.05) is 35.3 Å². The maximum atomic E-state index is 13.2. The van der Waals surface area contributed by atoms with Crippen molar-refractivity contribution in [3.63, 3.8) is 0 Å². The Labute approximate surface area is 199 Å². The molecular formula is C23H16Cl2N2O3S2. The van der Waals surface area contributed by atoms with E-state index in [0.717, 1.165) is 11.3 Å². The van der Waals surface area contributed by atoms with Crippen LogP contribution in [-0.2, 0) is 9.84 Å². The van der Waals surface area contributed by atoms with Crippen LogP contribution in [-0.4, -0.2) is 25.6 Å². The van der Waals surface area contributed by atoms with Crippen LogP contribution in [0, 0.1) is 0 Å². The topological polar surface area (TPSA) is 76.1 Å². The first-order valence-corrected chi connectivity index (χ1v) is 12.9. The molecule has 0 bridgehead atoms. The van der Waals surface area contributed by atoms with Crippen LogP contribution in [0.5, 0.6) is 0 Å². The molecule has 4 rings (SSSR count). The van der Waals surface area contributed by atoms with Gasteiger partial charge >= 0.3 is 0 Å². The Balaban J connectivity index is 1.75. The van der Waals surface area contributed by atoms with Crippen LogP contribution in [0.15, 0.2) is 77.1 Å². The Morgan fingerprint density at radius 2 is 1.81 bits per heavy atom. The van der Waals surface area contributed by atoms with E-state index in [4.69, 9.17) is 23.2 Å². The first-order chi connectivity index (χ1) is 15.2. The fraction of sp³-hybridized carbons (Fsp3) is 0.0435.